The standard InChI is InChI=1S/C15H27N5O/c1-4-20(5-2)15-12-14(17-13(3)18-15)16-6-7-19-8-10-21-11-9-19/h12H,4-11H2,1-3H3,(H,16,17,18). The van der Waals surface area contributed by atoms with Gasteiger partial charge in [0.1, 0.15) is 17.5 Å². The van der Waals surface area contributed by atoms with Crippen molar-refractivity contribution < 1.29 is 4.74 Å². The molecule has 1 aliphatic heterocycles. The molecule has 0 spiro atoms. The fourth-order valence-corrected chi connectivity index (χ4v) is 2.52. The Hall–Kier alpha value is -1.40. The molecular formula is C15H27N5O. The van der Waals surface area contributed by atoms with Crippen molar-refractivity contribution in [2.75, 3.05) is 62.7 Å². The van der Waals surface area contributed by atoms with E-state index >= 15 is 0 Å². The van der Waals surface area contributed by atoms with Gasteiger partial charge in [-0.15, -0.1) is 0 Å². The highest BCUT2D eigenvalue weighted by Gasteiger charge is 2.10. The van der Waals surface area contributed by atoms with Crippen LogP contribution in [-0.4, -0.2) is 67.4 Å². The maximum absolute atomic E-state index is 5.36. The lowest BCUT2D eigenvalue weighted by Crippen LogP contribution is -2.39. The zero-order chi connectivity index (χ0) is 15.1. The maximum atomic E-state index is 5.36. The van der Waals surface area contributed by atoms with E-state index in [9.17, 15) is 0 Å². The Labute approximate surface area is 127 Å². The molecule has 118 valence electrons. The maximum Gasteiger partial charge on any atom is 0.134 e. The second-order valence-electron chi connectivity index (χ2n) is 5.21. The van der Waals surface area contributed by atoms with Crippen LogP contribution in [0.3, 0.4) is 0 Å². The second-order valence-corrected chi connectivity index (χ2v) is 5.21. The Kier molecular flexibility index (Phi) is 6.20. The molecule has 1 aromatic rings. The van der Waals surface area contributed by atoms with Crippen LogP contribution in [0.4, 0.5) is 11.6 Å². The number of rotatable bonds is 7. The Morgan fingerprint density at radius 2 is 1.95 bits per heavy atom. The van der Waals surface area contributed by atoms with E-state index in [1.807, 2.05) is 13.0 Å². The van der Waals surface area contributed by atoms with E-state index in [0.29, 0.717) is 0 Å². The van der Waals surface area contributed by atoms with Crippen LogP contribution in [0.15, 0.2) is 6.07 Å². The largest absolute Gasteiger partial charge is 0.379 e. The van der Waals surface area contributed by atoms with Crippen LogP contribution in [0.2, 0.25) is 0 Å². The van der Waals surface area contributed by atoms with Gasteiger partial charge in [-0.3, -0.25) is 4.90 Å². The summed E-state index contributed by atoms with van der Waals surface area (Å²) in [6.45, 7) is 13.8. The number of anilines is 2. The van der Waals surface area contributed by atoms with Gasteiger partial charge < -0.3 is 15.0 Å². The lowest BCUT2D eigenvalue weighted by Gasteiger charge is -2.26. The highest BCUT2D eigenvalue weighted by molar-refractivity contribution is 5.49. The molecule has 1 saturated heterocycles. The Morgan fingerprint density at radius 1 is 1.24 bits per heavy atom. The van der Waals surface area contributed by atoms with Crippen LogP contribution < -0.4 is 10.2 Å². The first-order chi connectivity index (χ1) is 10.2. The van der Waals surface area contributed by atoms with Crippen molar-refractivity contribution in [3.8, 4) is 0 Å². The van der Waals surface area contributed by atoms with Gasteiger partial charge in [0.05, 0.1) is 13.2 Å². The molecule has 0 saturated carbocycles. The van der Waals surface area contributed by atoms with E-state index in [1.54, 1.807) is 0 Å². The van der Waals surface area contributed by atoms with E-state index in [0.717, 1.165) is 69.9 Å². The summed E-state index contributed by atoms with van der Waals surface area (Å²) in [7, 11) is 0. The van der Waals surface area contributed by atoms with Crippen LogP contribution in [0.1, 0.15) is 19.7 Å². The van der Waals surface area contributed by atoms with Crippen LogP contribution in [0.5, 0.6) is 0 Å². The Morgan fingerprint density at radius 3 is 2.62 bits per heavy atom. The number of hydrogen-bond donors (Lipinski definition) is 1. The zero-order valence-corrected chi connectivity index (χ0v) is 13.4. The fourth-order valence-electron chi connectivity index (χ4n) is 2.52. The van der Waals surface area contributed by atoms with Crippen LogP contribution in [-0.2, 0) is 4.74 Å². The number of nitrogens with one attached hydrogen (secondary N) is 1. The number of aryl methyl sites for hydroxylation is 1. The quantitative estimate of drug-likeness (QED) is 0.819. The highest BCUT2D eigenvalue weighted by Crippen LogP contribution is 2.15. The first-order valence-electron chi connectivity index (χ1n) is 7.87. The lowest BCUT2D eigenvalue weighted by molar-refractivity contribution is 0.0398. The molecule has 2 heterocycles. The van der Waals surface area contributed by atoms with E-state index in [-0.39, 0.29) is 0 Å². The first-order valence-corrected chi connectivity index (χ1v) is 7.87. The zero-order valence-electron chi connectivity index (χ0n) is 13.4. The smallest absolute Gasteiger partial charge is 0.134 e. The van der Waals surface area contributed by atoms with E-state index < -0.39 is 0 Å². The third-order valence-corrected chi connectivity index (χ3v) is 3.75. The minimum atomic E-state index is 0.813. The van der Waals surface area contributed by atoms with Crippen molar-refractivity contribution >= 4 is 11.6 Å². The third-order valence-electron chi connectivity index (χ3n) is 3.75. The van der Waals surface area contributed by atoms with Gasteiger partial charge >= 0.3 is 0 Å². The normalized spacial score (nSPS) is 16.0. The number of aromatic nitrogens is 2. The molecule has 0 amide bonds. The molecule has 0 radical (unpaired) electrons. The molecule has 0 bridgehead atoms. The number of nitrogens with zero attached hydrogens (tertiary/aromatic N) is 4. The highest BCUT2D eigenvalue weighted by atomic mass is 16.5. The van der Waals surface area contributed by atoms with Gasteiger partial charge in [-0.2, -0.15) is 0 Å². The summed E-state index contributed by atoms with van der Waals surface area (Å²) in [5.74, 6) is 2.73. The van der Waals surface area contributed by atoms with Gasteiger partial charge in [0, 0.05) is 45.3 Å². The molecule has 21 heavy (non-hydrogen) atoms. The van der Waals surface area contributed by atoms with Crippen molar-refractivity contribution in [3.05, 3.63) is 11.9 Å². The average molecular weight is 293 g/mol. The van der Waals surface area contributed by atoms with Crippen LogP contribution in [0, 0.1) is 6.92 Å². The predicted octanol–water partition coefficient (Wildman–Crippen LogP) is 1.38. The van der Waals surface area contributed by atoms with Gasteiger partial charge in [-0.05, 0) is 20.8 Å². The Balaban J connectivity index is 1.90. The molecule has 2 rings (SSSR count). The van der Waals surface area contributed by atoms with Crippen molar-refractivity contribution in [2.24, 2.45) is 0 Å². The van der Waals surface area contributed by atoms with E-state index in [1.165, 1.54) is 0 Å². The van der Waals surface area contributed by atoms with E-state index in [2.05, 4.69) is 38.9 Å². The first kappa shape index (κ1) is 16.0. The number of hydrogen-bond acceptors (Lipinski definition) is 6. The molecule has 6 heteroatoms. The molecule has 1 aromatic heterocycles. The van der Waals surface area contributed by atoms with Crippen molar-refractivity contribution in [1.29, 1.82) is 0 Å². The van der Waals surface area contributed by atoms with E-state index in [4.69, 9.17) is 4.74 Å². The minimum Gasteiger partial charge on any atom is -0.379 e. The summed E-state index contributed by atoms with van der Waals surface area (Å²) in [5, 5.41) is 3.42. The van der Waals surface area contributed by atoms with Crippen molar-refractivity contribution in [2.45, 2.75) is 20.8 Å². The number of ether oxygens (including phenoxy) is 1. The van der Waals surface area contributed by atoms with Crippen molar-refractivity contribution in [1.82, 2.24) is 14.9 Å². The second kappa shape index (κ2) is 8.14. The number of morpholine rings is 1. The van der Waals surface area contributed by atoms with Gasteiger partial charge in [0.2, 0.25) is 0 Å². The minimum absolute atomic E-state index is 0.813. The van der Waals surface area contributed by atoms with Gasteiger partial charge in [-0.1, -0.05) is 0 Å². The summed E-state index contributed by atoms with van der Waals surface area (Å²) in [5.41, 5.74) is 0. The van der Waals surface area contributed by atoms with Crippen molar-refractivity contribution in [3.63, 3.8) is 0 Å². The fraction of sp³-hybridized carbons (Fsp3) is 0.733. The monoisotopic (exact) mass is 293 g/mol. The summed E-state index contributed by atoms with van der Waals surface area (Å²) in [4.78, 5) is 13.6. The molecule has 6 nitrogen and oxygen atoms in total. The molecule has 1 N–H and O–H groups in total. The molecule has 1 fully saturated rings. The third kappa shape index (κ3) is 4.82. The Bertz CT molecular complexity index is 430. The summed E-state index contributed by atoms with van der Waals surface area (Å²) < 4.78 is 5.36. The van der Waals surface area contributed by atoms with Gasteiger partial charge in [0.25, 0.3) is 0 Å². The molecule has 1 aliphatic rings. The summed E-state index contributed by atoms with van der Waals surface area (Å²) in [6.07, 6.45) is 0. The molecule has 0 unspecified atom stereocenters. The molecular weight excluding hydrogens is 266 g/mol. The van der Waals surface area contributed by atoms with Crippen LogP contribution in [0.25, 0.3) is 0 Å². The van der Waals surface area contributed by atoms with Gasteiger partial charge in [-0.25, -0.2) is 9.97 Å². The topological polar surface area (TPSA) is 53.5 Å². The summed E-state index contributed by atoms with van der Waals surface area (Å²) >= 11 is 0. The van der Waals surface area contributed by atoms with Crippen LogP contribution >= 0.6 is 0 Å². The van der Waals surface area contributed by atoms with Gasteiger partial charge in [0.15, 0.2) is 0 Å². The molecule has 0 aliphatic carbocycles. The molecule has 0 aromatic carbocycles. The lowest BCUT2D eigenvalue weighted by atomic mass is 10.4. The predicted molar refractivity (Wildman–Crippen MR) is 86.1 cm³/mol. The summed E-state index contributed by atoms with van der Waals surface area (Å²) in [6, 6.07) is 2.04. The molecule has 0 atom stereocenters. The average Bonchev–Trinajstić information content (AvgIpc) is 2.49. The SMILES string of the molecule is CCN(CC)c1cc(NCCN2CCOCC2)nc(C)n1.